The molecule has 2 N–H and O–H groups in total. The Balaban J connectivity index is 1.77. The molecular formula is C16H12ClIN4O4S2. The third kappa shape index (κ3) is 5.10. The van der Waals surface area contributed by atoms with Crippen LogP contribution in [0.15, 0.2) is 70.5 Å². The Labute approximate surface area is 180 Å². The molecular weight excluding hydrogens is 539 g/mol. The summed E-state index contributed by atoms with van der Waals surface area (Å²) < 4.78 is 55.1. The van der Waals surface area contributed by atoms with Gasteiger partial charge in [0.15, 0.2) is 11.0 Å². The molecule has 1 aromatic heterocycles. The number of sulfonamides is 2. The van der Waals surface area contributed by atoms with Gasteiger partial charge in [0.25, 0.3) is 20.0 Å². The fraction of sp³-hybridized carbons (Fsp3) is 0. The van der Waals surface area contributed by atoms with Gasteiger partial charge in [-0.3, -0.25) is 9.44 Å². The van der Waals surface area contributed by atoms with Crippen LogP contribution in [0.4, 0.5) is 11.5 Å². The molecule has 0 fully saturated rings. The number of nitrogens with one attached hydrogen (secondary N) is 2. The van der Waals surface area contributed by atoms with Crippen molar-refractivity contribution >= 4 is 65.7 Å². The van der Waals surface area contributed by atoms with Crippen LogP contribution in [0.25, 0.3) is 0 Å². The van der Waals surface area contributed by atoms with Crippen molar-refractivity contribution in [3.8, 4) is 0 Å². The van der Waals surface area contributed by atoms with Gasteiger partial charge in [0, 0.05) is 9.26 Å². The summed E-state index contributed by atoms with van der Waals surface area (Å²) in [6, 6.07) is 14.4. The van der Waals surface area contributed by atoms with E-state index in [1.165, 1.54) is 48.5 Å². The first kappa shape index (κ1) is 20.8. The maximum Gasteiger partial charge on any atom is 0.263 e. The summed E-state index contributed by atoms with van der Waals surface area (Å²) in [6.07, 6.45) is 0. The minimum atomic E-state index is -3.92. The molecule has 0 unspecified atom stereocenters. The smallest absolute Gasteiger partial charge is 0.263 e. The van der Waals surface area contributed by atoms with Gasteiger partial charge < -0.3 is 0 Å². The fourth-order valence-corrected chi connectivity index (χ4v) is 4.61. The predicted octanol–water partition coefficient (Wildman–Crippen LogP) is 3.34. The highest BCUT2D eigenvalue weighted by Crippen LogP contribution is 2.20. The molecule has 28 heavy (non-hydrogen) atoms. The number of halogens is 2. The summed E-state index contributed by atoms with van der Waals surface area (Å²) >= 11 is 7.69. The monoisotopic (exact) mass is 550 g/mol. The van der Waals surface area contributed by atoms with Gasteiger partial charge in [-0.15, -0.1) is 10.2 Å². The molecule has 0 spiro atoms. The first-order chi connectivity index (χ1) is 13.2. The van der Waals surface area contributed by atoms with Crippen molar-refractivity contribution in [1.29, 1.82) is 0 Å². The molecule has 3 aromatic rings. The fourth-order valence-electron chi connectivity index (χ4n) is 2.10. The van der Waals surface area contributed by atoms with Crippen LogP contribution in [-0.4, -0.2) is 27.0 Å². The summed E-state index contributed by atoms with van der Waals surface area (Å²) in [5.74, 6) is 0.00730. The molecule has 0 saturated heterocycles. The van der Waals surface area contributed by atoms with Crippen molar-refractivity contribution < 1.29 is 16.8 Å². The first-order valence-corrected chi connectivity index (χ1v) is 12.0. The second-order valence-corrected chi connectivity index (χ2v) is 10.4. The standard InChI is InChI=1S/C16H12ClIN4O4S2/c17-15-9-10-16(20-19-15)22-28(25,26)14-7-3-12(4-8-14)21-27(23,24)13-5-1-11(18)2-6-13/h1-10,21H,(H,20,22). The van der Waals surface area contributed by atoms with E-state index in [9.17, 15) is 16.8 Å². The first-order valence-electron chi connectivity index (χ1n) is 7.56. The maximum absolute atomic E-state index is 12.4. The van der Waals surface area contributed by atoms with Crippen LogP contribution in [0.1, 0.15) is 0 Å². The molecule has 0 bridgehead atoms. The Kier molecular flexibility index (Phi) is 6.07. The summed E-state index contributed by atoms with van der Waals surface area (Å²) in [4.78, 5) is 0.0362. The van der Waals surface area contributed by atoms with Crippen molar-refractivity contribution in [2.75, 3.05) is 9.44 Å². The van der Waals surface area contributed by atoms with Crippen LogP contribution in [0, 0.1) is 3.57 Å². The van der Waals surface area contributed by atoms with E-state index in [1.54, 1.807) is 12.1 Å². The van der Waals surface area contributed by atoms with Gasteiger partial charge in [-0.25, -0.2) is 16.8 Å². The molecule has 3 rings (SSSR count). The van der Waals surface area contributed by atoms with E-state index in [-0.39, 0.29) is 26.4 Å². The lowest BCUT2D eigenvalue weighted by Gasteiger charge is -2.10. The molecule has 1 heterocycles. The number of hydrogen-bond donors (Lipinski definition) is 2. The van der Waals surface area contributed by atoms with E-state index < -0.39 is 20.0 Å². The van der Waals surface area contributed by atoms with Crippen LogP contribution >= 0.6 is 34.2 Å². The number of aromatic nitrogens is 2. The van der Waals surface area contributed by atoms with Crippen molar-refractivity contribution in [2.45, 2.75) is 9.79 Å². The van der Waals surface area contributed by atoms with E-state index in [0.717, 1.165) is 3.57 Å². The van der Waals surface area contributed by atoms with Gasteiger partial charge in [-0.05, 0) is 83.3 Å². The molecule has 0 amide bonds. The average Bonchev–Trinajstić information content (AvgIpc) is 2.64. The van der Waals surface area contributed by atoms with Crippen molar-refractivity contribution in [3.63, 3.8) is 0 Å². The largest absolute Gasteiger partial charge is 0.280 e. The Morgan fingerprint density at radius 2 is 1.25 bits per heavy atom. The zero-order valence-corrected chi connectivity index (χ0v) is 18.4. The van der Waals surface area contributed by atoms with Gasteiger partial charge in [-0.1, -0.05) is 11.6 Å². The Bertz CT molecular complexity index is 1180. The highest BCUT2D eigenvalue weighted by molar-refractivity contribution is 14.1. The lowest BCUT2D eigenvalue weighted by molar-refractivity contribution is 0.600. The normalized spacial score (nSPS) is 11.8. The highest BCUT2D eigenvalue weighted by atomic mass is 127. The molecule has 146 valence electrons. The van der Waals surface area contributed by atoms with Crippen molar-refractivity contribution in [2.24, 2.45) is 0 Å². The van der Waals surface area contributed by atoms with E-state index >= 15 is 0 Å². The van der Waals surface area contributed by atoms with Crippen LogP contribution in [0.3, 0.4) is 0 Å². The van der Waals surface area contributed by atoms with Crippen LogP contribution in [0.2, 0.25) is 5.15 Å². The van der Waals surface area contributed by atoms with Gasteiger partial charge in [0.1, 0.15) is 0 Å². The van der Waals surface area contributed by atoms with Gasteiger partial charge in [0.05, 0.1) is 9.79 Å². The number of hydrogen-bond acceptors (Lipinski definition) is 6. The molecule has 2 aromatic carbocycles. The number of rotatable bonds is 6. The van der Waals surface area contributed by atoms with Gasteiger partial charge in [-0.2, -0.15) is 0 Å². The maximum atomic E-state index is 12.4. The van der Waals surface area contributed by atoms with E-state index in [2.05, 4.69) is 42.2 Å². The van der Waals surface area contributed by atoms with Crippen molar-refractivity contribution in [1.82, 2.24) is 10.2 Å². The number of anilines is 2. The van der Waals surface area contributed by atoms with Gasteiger partial charge >= 0.3 is 0 Å². The quantitative estimate of drug-likeness (QED) is 0.455. The summed E-state index contributed by atoms with van der Waals surface area (Å²) in [7, 11) is -7.70. The Morgan fingerprint density at radius 3 is 1.79 bits per heavy atom. The second kappa shape index (κ2) is 8.19. The third-order valence-corrected chi connectivity index (χ3v) is 7.10. The minimum Gasteiger partial charge on any atom is -0.280 e. The molecule has 0 aliphatic heterocycles. The zero-order chi connectivity index (χ0) is 20.4. The third-order valence-electron chi connectivity index (χ3n) is 3.41. The van der Waals surface area contributed by atoms with Crippen molar-refractivity contribution in [3.05, 3.63) is 69.4 Å². The highest BCUT2D eigenvalue weighted by Gasteiger charge is 2.17. The second-order valence-electron chi connectivity index (χ2n) is 5.43. The van der Waals surface area contributed by atoms with Crippen LogP contribution in [0.5, 0.6) is 0 Å². The molecule has 0 radical (unpaired) electrons. The molecule has 0 aliphatic rings. The number of benzene rings is 2. The van der Waals surface area contributed by atoms with E-state index in [4.69, 9.17) is 11.6 Å². The Morgan fingerprint density at radius 1 is 0.714 bits per heavy atom. The lowest BCUT2D eigenvalue weighted by atomic mass is 10.3. The molecule has 8 nitrogen and oxygen atoms in total. The molecule has 0 atom stereocenters. The Hall–Kier alpha value is -1.96. The molecule has 12 heteroatoms. The molecule has 0 aliphatic carbocycles. The van der Waals surface area contributed by atoms with E-state index in [1.807, 2.05) is 0 Å². The molecule has 0 saturated carbocycles. The predicted molar refractivity (Wildman–Crippen MR) is 114 cm³/mol. The summed E-state index contributed by atoms with van der Waals surface area (Å²) in [5.41, 5.74) is 0.226. The summed E-state index contributed by atoms with van der Waals surface area (Å²) in [5, 5.41) is 7.32. The average molecular weight is 551 g/mol. The minimum absolute atomic E-state index is 0.00730. The van der Waals surface area contributed by atoms with Crippen LogP contribution < -0.4 is 9.44 Å². The topological polar surface area (TPSA) is 118 Å². The van der Waals surface area contributed by atoms with Crippen LogP contribution in [-0.2, 0) is 20.0 Å². The van der Waals surface area contributed by atoms with E-state index in [0.29, 0.717) is 0 Å². The summed E-state index contributed by atoms with van der Waals surface area (Å²) in [6.45, 7) is 0. The lowest BCUT2D eigenvalue weighted by Crippen LogP contribution is -2.15. The zero-order valence-electron chi connectivity index (χ0n) is 13.9. The number of nitrogens with zero attached hydrogens (tertiary/aromatic N) is 2. The van der Waals surface area contributed by atoms with Gasteiger partial charge in [0.2, 0.25) is 0 Å². The SMILES string of the molecule is O=S(=O)(Nc1ccc(S(=O)(=O)Nc2ccc(Cl)nn2)cc1)c1ccc(I)cc1.